The molecule has 1 aromatic carbocycles. The highest BCUT2D eigenvalue weighted by molar-refractivity contribution is 7.14. The first-order valence-corrected chi connectivity index (χ1v) is 14.6. The summed E-state index contributed by atoms with van der Waals surface area (Å²) in [5.41, 5.74) is 5.59. The van der Waals surface area contributed by atoms with Crippen molar-refractivity contribution in [1.82, 2.24) is 24.9 Å². The Morgan fingerprint density at radius 1 is 0.950 bits per heavy atom. The second kappa shape index (κ2) is 10.8. The summed E-state index contributed by atoms with van der Waals surface area (Å²) >= 11 is 1.53. The predicted molar refractivity (Wildman–Crippen MR) is 164 cm³/mol. The van der Waals surface area contributed by atoms with E-state index in [1.807, 2.05) is 55.8 Å². The zero-order chi connectivity index (χ0) is 28.7. The molecular weight excluding hydrogens is 518 g/mol. The molecule has 40 heavy (non-hydrogen) atoms. The quantitative estimate of drug-likeness (QED) is 0.316. The first kappa shape index (κ1) is 28.0. The molecule has 4 heterocycles. The third-order valence-electron chi connectivity index (χ3n) is 7.39. The van der Waals surface area contributed by atoms with E-state index in [0.717, 1.165) is 54.4 Å². The van der Waals surface area contributed by atoms with Gasteiger partial charge >= 0.3 is 0 Å². The van der Waals surface area contributed by atoms with Gasteiger partial charge in [0.15, 0.2) is 0 Å². The summed E-state index contributed by atoms with van der Waals surface area (Å²) in [5.74, 6) is -0.110. The number of rotatable bonds is 5. The fourth-order valence-electron chi connectivity index (χ4n) is 4.88. The van der Waals surface area contributed by atoms with Crippen molar-refractivity contribution in [3.05, 3.63) is 70.3 Å². The van der Waals surface area contributed by atoms with Crippen LogP contribution in [0.2, 0.25) is 0 Å². The molecule has 5 rings (SSSR count). The minimum Gasteiger partial charge on any atom is -0.368 e. The minimum atomic E-state index is -0.110. The first-order chi connectivity index (χ1) is 18.9. The highest BCUT2D eigenvalue weighted by Gasteiger charge is 2.26. The first-order valence-electron chi connectivity index (χ1n) is 13.8. The summed E-state index contributed by atoms with van der Waals surface area (Å²) in [6.45, 7) is 19.3. The zero-order valence-electron chi connectivity index (χ0n) is 24.5. The van der Waals surface area contributed by atoms with Gasteiger partial charge in [-0.05, 0) is 69.0 Å². The number of aromatic nitrogens is 4. The van der Waals surface area contributed by atoms with Crippen LogP contribution in [0, 0.1) is 6.92 Å². The number of aryl methyl sites for hydroxylation is 1. The van der Waals surface area contributed by atoms with Crippen molar-refractivity contribution in [3.63, 3.8) is 0 Å². The van der Waals surface area contributed by atoms with Crippen molar-refractivity contribution in [2.75, 3.05) is 36.4 Å². The van der Waals surface area contributed by atoms with E-state index in [1.165, 1.54) is 16.2 Å². The lowest BCUT2D eigenvalue weighted by Gasteiger charge is -2.43. The normalized spacial score (nSPS) is 14.9. The highest BCUT2D eigenvalue weighted by atomic mass is 32.1. The van der Waals surface area contributed by atoms with Crippen LogP contribution in [-0.4, -0.2) is 62.5 Å². The van der Waals surface area contributed by atoms with E-state index in [4.69, 9.17) is 0 Å². The van der Waals surface area contributed by atoms with Gasteiger partial charge in [0.2, 0.25) is 0 Å². The van der Waals surface area contributed by atoms with Gasteiger partial charge in [-0.3, -0.25) is 14.7 Å². The van der Waals surface area contributed by atoms with Gasteiger partial charge in [-0.15, -0.1) is 16.4 Å². The molecule has 1 saturated heterocycles. The van der Waals surface area contributed by atoms with Gasteiger partial charge in [0, 0.05) is 54.0 Å². The molecule has 9 heteroatoms. The van der Waals surface area contributed by atoms with Crippen LogP contribution >= 0.6 is 11.3 Å². The Morgan fingerprint density at radius 2 is 1.70 bits per heavy atom. The van der Waals surface area contributed by atoms with Gasteiger partial charge in [-0.25, -0.2) is 4.68 Å². The van der Waals surface area contributed by atoms with Crippen LogP contribution in [0.25, 0.3) is 16.9 Å². The van der Waals surface area contributed by atoms with E-state index in [1.54, 1.807) is 4.68 Å². The lowest BCUT2D eigenvalue weighted by Crippen LogP contribution is -2.53. The van der Waals surface area contributed by atoms with Gasteiger partial charge in [0.1, 0.15) is 5.69 Å². The number of piperazine rings is 1. The summed E-state index contributed by atoms with van der Waals surface area (Å²) in [4.78, 5) is 24.3. The number of hydrogen-bond acceptors (Lipinski definition) is 7. The van der Waals surface area contributed by atoms with Crippen LogP contribution in [0.1, 0.15) is 61.7 Å². The molecule has 0 aliphatic carbocycles. The molecule has 0 unspecified atom stereocenters. The lowest BCUT2D eigenvalue weighted by atomic mass is 9.95. The van der Waals surface area contributed by atoms with Crippen molar-refractivity contribution in [3.8, 4) is 16.9 Å². The smallest absolute Gasteiger partial charge is 0.265 e. The summed E-state index contributed by atoms with van der Waals surface area (Å²) in [6.07, 6.45) is 5.68. The Balaban J connectivity index is 1.31. The average Bonchev–Trinajstić information content (AvgIpc) is 3.60. The van der Waals surface area contributed by atoms with Gasteiger partial charge in [0.25, 0.3) is 5.91 Å². The largest absolute Gasteiger partial charge is 0.368 e. The maximum Gasteiger partial charge on any atom is 0.265 e. The molecule has 4 aromatic rings. The number of amides is 1. The van der Waals surface area contributed by atoms with E-state index < -0.39 is 0 Å². The molecule has 0 saturated carbocycles. The minimum absolute atomic E-state index is 0.0152. The second-order valence-corrected chi connectivity index (χ2v) is 13.6. The van der Waals surface area contributed by atoms with E-state index in [9.17, 15) is 4.79 Å². The number of carbonyl (C=O) groups is 1. The number of carbonyl (C=O) groups excluding carboxylic acids is 1. The van der Waals surface area contributed by atoms with Gasteiger partial charge in [-0.1, -0.05) is 32.1 Å². The van der Waals surface area contributed by atoms with Crippen LogP contribution < -0.4 is 10.2 Å². The van der Waals surface area contributed by atoms with Crippen molar-refractivity contribution in [1.29, 1.82) is 0 Å². The van der Waals surface area contributed by atoms with Crippen LogP contribution in [0.4, 0.5) is 11.4 Å². The fourth-order valence-corrected chi connectivity index (χ4v) is 5.84. The van der Waals surface area contributed by atoms with E-state index >= 15 is 0 Å². The molecule has 0 radical (unpaired) electrons. The van der Waals surface area contributed by atoms with E-state index in [0.29, 0.717) is 10.6 Å². The highest BCUT2D eigenvalue weighted by Crippen LogP contribution is 2.30. The molecule has 3 aromatic heterocycles. The number of thiophene rings is 1. The zero-order valence-corrected chi connectivity index (χ0v) is 25.3. The standard InChI is InChI=1S/C31H39N7OS/c1-21-8-9-23(33-29(39)27-10-11-28(40-27)30(2,3)4)17-26(21)38-20-25(34-35-38)22-16-24(19-32-18-22)36-12-14-37(15-13-36)31(5,6)7/h8-11,16-20H,12-15H2,1-7H3,(H,33,39). The van der Waals surface area contributed by atoms with Crippen LogP contribution in [0.3, 0.4) is 0 Å². The van der Waals surface area contributed by atoms with Crippen molar-refractivity contribution < 1.29 is 4.79 Å². The fraction of sp³-hybridized carbons (Fsp3) is 0.419. The van der Waals surface area contributed by atoms with Gasteiger partial charge < -0.3 is 10.2 Å². The topological polar surface area (TPSA) is 79.2 Å². The second-order valence-electron chi connectivity index (χ2n) is 12.5. The number of hydrogen-bond donors (Lipinski definition) is 1. The van der Waals surface area contributed by atoms with Crippen molar-refractivity contribution >= 4 is 28.6 Å². The molecule has 1 amide bonds. The molecule has 1 fully saturated rings. The molecule has 8 nitrogen and oxygen atoms in total. The Labute approximate surface area is 241 Å². The number of nitrogens with zero attached hydrogens (tertiary/aromatic N) is 6. The molecule has 1 N–H and O–H groups in total. The van der Waals surface area contributed by atoms with Gasteiger partial charge in [0.05, 0.1) is 28.6 Å². The summed E-state index contributed by atoms with van der Waals surface area (Å²) in [5, 5.41) is 11.9. The third kappa shape index (κ3) is 6.10. The molecule has 0 atom stereocenters. The number of anilines is 2. The Morgan fingerprint density at radius 3 is 2.38 bits per heavy atom. The van der Waals surface area contributed by atoms with Gasteiger partial charge in [-0.2, -0.15) is 0 Å². The summed E-state index contributed by atoms with van der Waals surface area (Å²) in [7, 11) is 0. The molecule has 1 aliphatic rings. The lowest BCUT2D eigenvalue weighted by molar-refractivity contribution is 0.103. The van der Waals surface area contributed by atoms with Crippen molar-refractivity contribution in [2.24, 2.45) is 0 Å². The number of nitrogens with one attached hydrogen (secondary N) is 1. The van der Waals surface area contributed by atoms with Crippen molar-refractivity contribution in [2.45, 2.75) is 59.4 Å². The van der Waals surface area contributed by atoms with E-state index in [-0.39, 0.29) is 16.9 Å². The Bertz CT molecular complexity index is 1500. The van der Waals surface area contributed by atoms with Crippen LogP contribution in [0.15, 0.2) is 55.0 Å². The Hall–Kier alpha value is -3.56. The number of benzene rings is 1. The molecule has 1 aliphatic heterocycles. The monoisotopic (exact) mass is 557 g/mol. The Kier molecular flexibility index (Phi) is 7.54. The SMILES string of the molecule is Cc1ccc(NC(=O)c2ccc(C(C)(C)C)s2)cc1-n1cc(-c2cncc(N3CCN(C(C)(C)C)CC3)c2)nn1. The average molecular weight is 558 g/mol. The molecule has 0 spiro atoms. The predicted octanol–water partition coefficient (Wildman–Crippen LogP) is 6.17. The van der Waals surface area contributed by atoms with Crippen LogP contribution in [0.5, 0.6) is 0 Å². The van der Waals surface area contributed by atoms with E-state index in [2.05, 4.69) is 78.0 Å². The number of pyridine rings is 1. The summed E-state index contributed by atoms with van der Waals surface area (Å²) < 4.78 is 1.76. The third-order valence-corrected chi connectivity index (χ3v) is 8.90. The molecular formula is C31H39N7OS. The maximum absolute atomic E-state index is 13.0. The van der Waals surface area contributed by atoms with Crippen LogP contribution in [-0.2, 0) is 5.41 Å². The summed E-state index contributed by atoms with van der Waals surface area (Å²) in [6, 6.07) is 11.9. The maximum atomic E-state index is 13.0. The molecule has 210 valence electrons. The molecule has 0 bridgehead atoms.